The highest BCUT2D eigenvalue weighted by Gasteiger charge is 2.21. The van der Waals surface area contributed by atoms with Gasteiger partial charge in [-0.05, 0) is 114 Å². The van der Waals surface area contributed by atoms with E-state index in [0.717, 1.165) is 189 Å². The fourth-order valence-electron chi connectivity index (χ4n) is 7.70. The molecule has 0 bridgehead atoms. The number of fused-ring (bicyclic) bond motifs is 6. The van der Waals surface area contributed by atoms with Crippen molar-refractivity contribution in [3.8, 4) is 34.5 Å². The number of unbranched alkanes of at least 4 members (excludes halogenated alkanes) is 12. The molecule has 0 fully saturated rings. The number of aromatic nitrogens is 1. The van der Waals surface area contributed by atoms with Gasteiger partial charge >= 0.3 is 0 Å². The largest absolute Gasteiger partial charge is 0.490 e. The third kappa shape index (κ3) is 14.1. The molecule has 328 valence electrons. The highest BCUT2D eigenvalue weighted by atomic mass is 16.5. The van der Waals surface area contributed by atoms with E-state index in [2.05, 4.69) is 106 Å². The van der Waals surface area contributed by atoms with Crippen molar-refractivity contribution in [2.75, 3.05) is 39.6 Å². The smallest absolute Gasteiger partial charge is 0.168 e. The second-order valence-corrected chi connectivity index (χ2v) is 16.3. The number of nitrogens with zero attached hydrogens (tertiary/aromatic N) is 1. The van der Waals surface area contributed by atoms with E-state index in [1.54, 1.807) is 0 Å². The summed E-state index contributed by atoms with van der Waals surface area (Å²) in [7, 11) is 0. The lowest BCUT2D eigenvalue weighted by atomic mass is 9.93. The second kappa shape index (κ2) is 26.7. The summed E-state index contributed by atoms with van der Waals surface area (Å²) in [4.78, 5) is 0. The first kappa shape index (κ1) is 46.7. The minimum absolute atomic E-state index is 0.623. The molecule has 0 aliphatic rings. The maximum Gasteiger partial charge on any atom is 0.168 e. The van der Waals surface area contributed by atoms with Gasteiger partial charge in [-0.25, -0.2) is 4.57 Å². The van der Waals surface area contributed by atoms with Crippen LogP contribution in [0.25, 0.3) is 32.3 Å². The van der Waals surface area contributed by atoms with Gasteiger partial charge in [-0.2, -0.15) is 0 Å². The fourth-order valence-corrected chi connectivity index (χ4v) is 7.70. The Labute approximate surface area is 362 Å². The molecule has 0 unspecified atom stereocenters. The normalized spacial score (nSPS) is 11.4. The standard InChI is InChI=1S/C53H76NO6/c1-6-11-21-30-55-48-36-42-43-37-49(56-31-22-12-7-2)51(58-33-24-14-9-4)39-45(43)47-41-53(60-35-26-17-20-29-54-27-18-16-19-28-54)52(59-34-25-15-10-5)40-46(47)44(42)38-50(48)57-32-23-13-8-3/h16,18-19,27-28,36-41H,6-15,17,20-26,29-35H2,1-5H3/q+1. The van der Waals surface area contributed by atoms with Gasteiger partial charge in [-0.1, -0.05) is 105 Å². The molecular weight excluding hydrogens is 747 g/mol. The zero-order valence-corrected chi connectivity index (χ0v) is 37.9. The average Bonchev–Trinajstić information content (AvgIpc) is 3.27. The third-order valence-electron chi connectivity index (χ3n) is 11.2. The van der Waals surface area contributed by atoms with Crippen molar-refractivity contribution in [1.29, 1.82) is 0 Å². The summed E-state index contributed by atoms with van der Waals surface area (Å²) in [6.45, 7) is 16.0. The van der Waals surface area contributed by atoms with Crippen LogP contribution in [0.1, 0.15) is 150 Å². The highest BCUT2D eigenvalue weighted by Crippen LogP contribution is 2.47. The van der Waals surface area contributed by atoms with Crippen molar-refractivity contribution in [2.45, 2.75) is 157 Å². The van der Waals surface area contributed by atoms with Gasteiger partial charge in [0.2, 0.25) is 0 Å². The molecule has 0 aliphatic carbocycles. The predicted octanol–water partition coefficient (Wildman–Crippen LogP) is 14.5. The summed E-state index contributed by atoms with van der Waals surface area (Å²) in [6, 6.07) is 19.5. The molecule has 0 saturated heterocycles. The Bertz CT molecular complexity index is 1930. The van der Waals surface area contributed by atoms with E-state index in [1.807, 2.05) is 0 Å². The Morgan fingerprint density at radius 1 is 0.300 bits per heavy atom. The van der Waals surface area contributed by atoms with Gasteiger partial charge in [0, 0.05) is 18.6 Å². The van der Waals surface area contributed by atoms with Gasteiger partial charge in [-0.3, -0.25) is 0 Å². The second-order valence-electron chi connectivity index (χ2n) is 16.3. The summed E-state index contributed by atoms with van der Waals surface area (Å²) in [5, 5.41) is 6.58. The molecule has 0 spiro atoms. The van der Waals surface area contributed by atoms with Gasteiger partial charge in [0.25, 0.3) is 0 Å². The number of aryl methyl sites for hydroxylation is 1. The maximum absolute atomic E-state index is 6.69. The summed E-state index contributed by atoms with van der Waals surface area (Å²) in [5.74, 6) is 4.75. The molecule has 60 heavy (non-hydrogen) atoms. The van der Waals surface area contributed by atoms with E-state index in [4.69, 9.17) is 28.4 Å². The van der Waals surface area contributed by atoms with Crippen LogP contribution in [0.5, 0.6) is 34.5 Å². The monoisotopic (exact) mass is 823 g/mol. The summed E-state index contributed by atoms with van der Waals surface area (Å²) in [6.07, 6.45) is 23.8. The van der Waals surface area contributed by atoms with Crippen molar-refractivity contribution >= 4 is 32.3 Å². The zero-order valence-electron chi connectivity index (χ0n) is 37.9. The van der Waals surface area contributed by atoms with Crippen LogP contribution in [-0.2, 0) is 6.54 Å². The molecule has 0 saturated carbocycles. The molecule has 1 aromatic heterocycles. The van der Waals surface area contributed by atoms with Crippen LogP contribution in [-0.4, -0.2) is 39.6 Å². The summed E-state index contributed by atoms with van der Waals surface area (Å²) >= 11 is 0. The van der Waals surface area contributed by atoms with Gasteiger partial charge in [0.15, 0.2) is 46.9 Å². The van der Waals surface area contributed by atoms with Crippen LogP contribution in [0.15, 0.2) is 67.0 Å². The summed E-state index contributed by atoms with van der Waals surface area (Å²) in [5.41, 5.74) is 0. The zero-order chi connectivity index (χ0) is 42.2. The molecule has 7 nitrogen and oxygen atoms in total. The molecule has 4 aromatic carbocycles. The van der Waals surface area contributed by atoms with E-state index < -0.39 is 0 Å². The molecule has 1 heterocycles. The minimum Gasteiger partial charge on any atom is -0.490 e. The van der Waals surface area contributed by atoms with Gasteiger partial charge in [-0.15, -0.1) is 0 Å². The van der Waals surface area contributed by atoms with Crippen LogP contribution >= 0.6 is 0 Å². The Morgan fingerprint density at radius 3 is 0.800 bits per heavy atom. The first-order valence-electron chi connectivity index (χ1n) is 23.9. The predicted molar refractivity (Wildman–Crippen MR) is 250 cm³/mol. The SMILES string of the molecule is CCCCCOc1cc2c3cc(OCCCCC)c(OCCCCC)cc3c3cc(OCCCCC[n+]4ccccc4)c(OCCCCC)cc3c2cc1OCCCCC. The molecule has 0 radical (unpaired) electrons. The number of pyridine rings is 1. The lowest BCUT2D eigenvalue weighted by Gasteiger charge is -2.21. The molecule has 5 rings (SSSR count). The van der Waals surface area contributed by atoms with Crippen molar-refractivity contribution in [1.82, 2.24) is 0 Å². The number of benzene rings is 4. The Morgan fingerprint density at radius 2 is 0.550 bits per heavy atom. The van der Waals surface area contributed by atoms with Crippen molar-refractivity contribution in [3.63, 3.8) is 0 Å². The Balaban J connectivity index is 1.65. The van der Waals surface area contributed by atoms with Crippen LogP contribution < -0.4 is 33.0 Å². The van der Waals surface area contributed by atoms with Gasteiger partial charge < -0.3 is 28.4 Å². The minimum atomic E-state index is 0.623. The molecule has 7 heteroatoms. The Hall–Kier alpha value is -4.39. The quantitative estimate of drug-likeness (QED) is 0.0245. The van der Waals surface area contributed by atoms with E-state index in [1.165, 1.54) is 0 Å². The van der Waals surface area contributed by atoms with Gasteiger partial charge in [0.05, 0.1) is 39.6 Å². The topological polar surface area (TPSA) is 59.3 Å². The first-order chi connectivity index (χ1) is 29.6. The number of hydrogen-bond acceptors (Lipinski definition) is 6. The number of ether oxygens (including phenoxy) is 6. The third-order valence-corrected chi connectivity index (χ3v) is 11.2. The number of hydrogen-bond donors (Lipinski definition) is 0. The molecule has 0 atom stereocenters. The van der Waals surface area contributed by atoms with E-state index in [-0.39, 0.29) is 0 Å². The summed E-state index contributed by atoms with van der Waals surface area (Å²) < 4.78 is 41.9. The van der Waals surface area contributed by atoms with E-state index in [0.29, 0.717) is 39.6 Å². The average molecular weight is 823 g/mol. The molecular formula is C53H76NO6+. The first-order valence-corrected chi connectivity index (χ1v) is 23.9. The lowest BCUT2D eigenvalue weighted by molar-refractivity contribution is -0.697. The van der Waals surface area contributed by atoms with Crippen molar-refractivity contribution in [2.24, 2.45) is 0 Å². The van der Waals surface area contributed by atoms with Gasteiger partial charge in [0.1, 0.15) is 6.54 Å². The molecule has 0 amide bonds. The molecule has 0 N–H and O–H groups in total. The van der Waals surface area contributed by atoms with Crippen molar-refractivity contribution in [3.05, 3.63) is 67.0 Å². The number of rotatable bonds is 32. The van der Waals surface area contributed by atoms with Crippen LogP contribution in [0.2, 0.25) is 0 Å². The van der Waals surface area contributed by atoms with E-state index >= 15 is 0 Å². The Kier molecular flexibility index (Phi) is 20.8. The van der Waals surface area contributed by atoms with Crippen LogP contribution in [0.3, 0.4) is 0 Å². The van der Waals surface area contributed by atoms with E-state index in [9.17, 15) is 0 Å². The highest BCUT2D eigenvalue weighted by molar-refractivity contribution is 6.26. The molecule has 5 aromatic rings. The van der Waals surface area contributed by atoms with Crippen LogP contribution in [0.4, 0.5) is 0 Å². The van der Waals surface area contributed by atoms with Crippen molar-refractivity contribution < 1.29 is 33.0 Å². The lowest BCUT2D eigenvalue weighted by Crippen LogP contribution is -2.32. The fraction of sp³-hybridized carbons (Fsp3) is 0.566. The van der Waals surface area contributed by atoms with Crippen LogP contribution in [0, 0.1) is 0 Å². The maximum atomic E-state index is 6.69. The molecule has 0 aliphatic heterocycles.